The van der Waals surface area contributed by atoms with E-state index in [-0.39, 0.29) is 53.1 Å². The van der Waals surface area contributed by atoms with Crippen molar-refractivity contribution in [2.45, 2.75) is 51.9 Å². The van der Waals surface area contributed by atoms with Gasteiger partial charge in [0.15, 0.2) is 17.7 Å². The topological polar surface area (TPSA) is 120 Å². The lowest BCUT2D eigenvalue weighted by molar-refractivity contribution is -0.189. The van der Waals surface area contributed by atoms with Crippen LogP contribution in [0, 0.1) is 0 Å². The summed E-state index contributed by atoms with van der Waals surface area (Å²) in [7, 11) is 3.46. The van der Waals surface area contributed by atoms with Crippen LogP contribution < -0.4 is 15.8 Å². The number of nitrogens with two attached hydrogens (primary N) is 1. The largest absolute Gasteiger partial charge is 0.480 e. The highest BCUT2D eigenvalue weighted by Crippen LogP contribution is 2.39. The average Bonchev–Trinajstić information content (AvgIpc) is 3.36. The lowest BCUT2D eigenvalue weighted by Crippen LogP contribution is -2.36. The van der Waals surface area contributed by atoms with Crippen molar-refractivity contribution < 1.29 is 32.3 Å². The first-order chi connectivity index (χ1) is 20.1. The minimum Gasteiger partial charge on any atom is -0.480 e. The van der Waals surface area contributed by atoms with Crippen LogP contribution in [-0.2, 0) is 17.8 Å². The molecule has 13 heteroatoms. The number of ether oxygens (including phenoxy) is 1. The normalized spacial score (nSPS) is 13.1. The van der Waals surface area contributed by atoms with Crippen molar-refractivity contribution in [3.05, 3.63) is 70.1 Å². The molecule has 0 saturated heterocycles. The summed E-state index contributed by atoms with van der Waals surface area (Å²) in [5.74, 6) is -1.86. The van der Waals surface area contributed by atoms with Crippen LogP contribution in [0.15, 0.2) is 42.6 Å². The van der Waals surface area contributed by atoms with Gasteiger partial charge in [0.25, 0.3) is 0 Å². The first-order valence-corrected chi connectivity index (χ1v) is 13.9. The second-order valence-corrected chi connectivity index (χ2v) is 10.8. The summed E-state index contributed by atoms with van der Waals surface area (Å²) in [6.45, 7) is 4.89. The molecule has 9 nitrogen and oxygen atoms in total. The number of benzene rings is 2. The number of ketones is 1. The number of likely N-dealkylation sites (N-methyl/N-ethyl adjacent to an activating group) is 1. The molecule has 1 heterocycles. The number of alkyl halides is 3. The van der Waals surface area contributed by atoms with E-state index in [1.165, 1.54) is 19.1 Å². The highest BCUT2D eigenvalue weighted by atomic mass is 35.5. The molecule has 1 aromatic heterocycles. The maximum atomic E-state index is 13.3. The summed E-state index contributed by atoms with van der Waals surface area (Å²) in [6.07, 6.45) is -4.78. The number of imidazole rings is 1. The van der Waals surface area contributed by atoms with E-state index in [4.69, 9.17) is 22.1 Å². The summed E-state index contributed by atoms with van der Waals surface area (Å²) in [6, 6.07) is 9.75. The Morgan fingerprint density at radius 1 is 1.14 bits per heavy atom. The van der Waals surface area contributed by atoms with Gasteiger partial charge in [-0.2, -0.15) is 13.2 Å². The molecular formula is C30H35ClF3N5O4. The predicted molar refractivity (Wildman–Crippen MR) is 157 cm³/mol. The molecule has 0 saturated carbocycles. The van der Waals surface area contributed by atoms with Crippen LogP contribution in [0.25, 0.3) is 11.3 Å². The maximum Gasteiger partial charge on any atom is 0.425 e. The number of carbonyl (C=O) groups is 3. The number of aromatic nitrogens is 2. The molecule has 0 aliphatic rings. The number of nitrogens with zero attached hydrogens (tertiary/aromatic N) is 3. The Kier molecular flexibility index (Phi) is 11.0. The lowest BCUT2D eigenvalue weighted by Gasteiger charge is -2.25. The van der Waals surface area contributed by atoms with Gasteiger partial charge in [-0.15, -0.1) is 0 Å². The van der Waals surface area contributed by atoms with Crippen LogP contribution in [-0.4, -0.2) is 71.5 Å². The smallest absolute Gasteiger partial charge is 0.425 e. The first kappa shape index (κ1) is 33.6. The zero-order chi connectivity index (χ0) is 32.1. The molecule has 0 aliphatic carbocycles. The van der Waals surface area contributed by atoms with Crippen LogP contribution >= 0.6 is 11.6 Å². The first-order valence-electron chi connectivity index (χ1n) is 13.6. The molecule has 2 atom stereocenters. The fourth-order valence-corrected chi connectivity index (χ4v) is 4.93. The second kappa shape index (κ2) is 14.0. The Balaban J connectivity index is 2.02. The Hall–Kier alpha value is -3.90. The highest BCUT2D eigenvalue weighted by molar-refractivity contribution is 6.33. The summed E-state index contributed by atoms with van der Waals surface area (Å²) in [5, 5.41) is 2.62. The van der Waals surface area contributed by atoms with Crippen LogP contribution in [0.2, 0.25) is 5.02 Å². The molecule has 2 aromatic carbocycles. The van der Waals surface area contributed by atoms with E-state index >= 15 is 0 Å². The van der Waals surface area contributed by atoms with E-state index in [0.717, 1.165) is 18.1 Å². The van der Waals surface area contributed by atoms with Gasteiger partial charge in [-0.1, -0.05) is 35.9 Å². The lowest BCUT2D eigenvalue weighted by atomic mass is 9.87. The van der Waals surface area contributed by atoms with E-state index in [2.05, 4.69) is 10.3 Å². The van der Waals surface area contributed by atoms with Crippen LogP contribution in [0.5, 0.6) is 5.75 Å². The summed E-state index contributed by atoms with van der Waals surface area (Å²) in [5.41, 5.74) is 7.98. The van der Waals surface area contributed by atoms with E-state index in [1.54, 1.807) is 29.8 Å². The molecule has 232 valence electrons. The summed E-state index contributed by atoms with van der Waals surface area (Å²) in [4.78, 5) is 43.0. The van der Waals surface area contributed by atoms with Crippen molar-refractivity contribution in [3.8, 4) is 17.0 Å². The summed E-state index contributed by atoms with van der Waals surface area (Å²) < 4.78 is 46.7. The SMILES string of the molecule is CCn1cc(-c2ccc(C[C@H](CNC(=O)CN(C)C)c3c(C(N)=O)ccc(O[C@H](C)C(F)(F)F)c3Cl)cc2)nc1C(C)=O. The number of hydrogen-bond acceptors (Lipinski definition) is 6. The van der Waals surface area contributed by atoms with Crippen molar-refractivity contribution in [1.82, 2.24) is 19.8 Å². The minimum atomic E-state index is -4.65. The van der Waals surface area contributed by atoms with Crippen molar-refractivity contribution in [1.29, 1.82) is 0 Å². The third kappa shape index (κ3) is 8.57. The number of carbonyl (C=O) groups excluding carboxylic acids is 3. The van der Waals surface area contributed by atoms with Gasteiger partial charge in [-0.05, 0) is 57.6 Å². The van der Waals surface area contributed by atoms with Crippen molar-refractivity contribution in [2.75, 3.05) is 27.2 Å². The third-order valence-electron chi connectivity index (χ3n) is 6.75. The van der Waals surface area contributed by atoms with Gasteiger partial charge >= 0.3 is 6.18 Å². The van der Waals surface area contributed by atoms with Crippen LogP contribution in [0.3, 0.4) is 0 Å². The second-order valence-electron chi connectivity index (χ2n) is 10.4. The molecular weight excluding hydrogens is 587 g/mol. The number of halogens is 4. The van der Waals surface area contributed by atoms with Crippen molar-refractivity contribution in [3.63, 3.8) is 0 Å². The molecule has 43 heavy (non-hydrogen) atoms. The number of rotatable bonds is 13. The Bertz CT molecular complexity index is 1470. The van der Waals surface area contributed by atoms with Gasteiger partial charge in [0.05, 0.1) is 17.3 Å². The minimum absolute atomic E-state index is 0.00218. The van der Waals surface area contributed by atoms with Gasteiger partial charge in [0.2, 0.25) is 11.8 Å². The monoisotopic (exact) mass is 621 g/mol. The number of primary amides is 1. The number of nitrogens with one attached hydrogen (secondary N) is 1. The third-order valence-corrected chi connectivity index (χ3v) is 7.14. The Morgan fingerprint density at radius 2 is 1.79 bits per heavy atom. The molecule has 0 fully saturated rings. The fraction of sp³-hybridized carbons (Fsp3) is 0.400. The number of Topliss-reactive ketones (excluding diaryl/α,β-unsaturated/α-hetero) is 1. The zero-order valence-electron chi connectivity index (χ0n) is 24.6. The van der Waals surface area contributed by atoms with Crippen LogP contribution in [0.1, 0.15) is 58.8 Å². The quantitative estimate of drug-likeness (QED) is 0.263. The Morgan fingerprint density at radius 3 is 2.30 bits per heavy atom. The predicted octanol–water partition coefficient (Wildman–Crippen LogP) is 4.86. The van der Waals surface area contributed by atoms with Crippen LogP contribution in [0.4, 0.5) is 13.2 Å². The average molecular weight is 622 g/mol. The zero-order valence-corrected chi connectivity index (χ0v) is 25.3. The molecule has 0 spiro atoms. The van der Waals surface area contributed by atoms with E-state index in [0.29, 0.717) is 18.1 Å². The number of aryl methyl sites for hydroxylation is 1. The van der Waals surface area contributed by atoms with E-state index in [9.17, 15) is 27.6 Å². The standard InChI is InChI=1S/C30H35ClF3N5O4/c1-6-39-15-23(37-29(39)17(2)40)20-9-7-19(8-10-20)13-21(14-36-25(41)16-38(4)5)26-22(28(35)42)11-12-24(27(26)31)43-18(3)30(32,33)34/h7-12,15,18,21H,6,13-14,16H2,1-5H3,(H2,35,42)(H,36,41)/t18-,21-/m1/s1. The summed E-state index contributed by atoms with van der Waals surface area (Å²) >= 11 is 6.62. The Labute approximate surface area is 253 Å². The van der Waals surface area contributed by atoms with Gasteiger partial charge in [0, 0.05) is 43.3 Å². The molecule has 3 N–H and O–H groups in total. The molecule has 3 aromatic rings. The molecule has 0 unspecified atom stereocenters. The van der Waals surface area contributed by atoms with Crippen molar-refractivity contribution >= 4 is 29.2 Å². The van der Waals surface area contributed by atoms with E-state index in [1.807, 2.05) is 31.2 Å². The highest BCUT2D eigenvalue weighted by Gasteiger charge is 2.39. The van der Waals surface area contributed by atoms with Crippen molar-refractivity contribution in [2.24, 2.45) is 5.73 Å². The number of hydrogen-bond donors (Lipinski definition) is 2. The van der Waals surface area contributed by atoms with Gasteiger partial charge < -0.3 is 25.3 Å². The van der Waals surface area contributed by atoms with Gasteiger partial charge in [-0.25, -0.2) is 4.98 Å². The molecule has 3 rings (SSSR count). The molecule has 0 aliphatic heterocycles. The molecule has 2 amide bonds. The van der Waals surface area contributed by atoms with E-state index < -0.39 is 24.1 Å². The molecule has 0 bridgehead atoms. The van der Waals surface area contributed by atoms with Gasteiger partial charge in [0.1, 0.15) is 5.75 Å². The van der Waals surface area contributed by atoms with Gasteiger partial charge in [-0.3, -0.25) is 14.4 Å². The maximum absolute atomic E-state index is 13.3. The molecule has 0 radical (unpaired) electrons. The number of amides is 2. The fourth-order valence-electron chi connectivity index (χ4n) is 4.56.